The highest BCUT2D eigenvalue weighted by atomic mass is 16.5. The average molecular weight is 384 g/mol. The van der Waals surface area contributed by atoms with E-state index < -0.39 is 0 Å². The van der Waals surface area contributed by atoms with E-state index in [0.717, 1.165) is 11.3 Å². The number of amides is 1. The molecule has 2 heterocycles. The highest BCUT2D eigenvalue weighted by molar-refractivity contribution is 5.77. The number of carbonyl (C=O) groups is 1. The first-order valence-corrected chi connectivity index (χ1v) is 8.85. The van der Waals surface area contributed by atoms with E-state index in [0.29, 0.717) is 17.6 Å². The van der Waals surface area contributed by atoms with E-state index in [2.05, 4.69) is 15.4 Å². The number of rotatable bonds is 7. The van der Waals surface area contributed by atoms with Gasteiger partial charge in [0, 0.05) is 19.2 Å². The Labute approximate surface area is 162 Å². The fourth-order valence-electron chi connectivity index (χ4n) is 3.11. The number of aryl methyl sites for hydroxylation is 1. The molecule has 1 aromatic carbocycles. The summed E-state index contributed by atoms with van der Waals surface area (Å²) in [6.07, 6.45) is 2.83. The second-order valence-electron chi connectivity index (χ2n) is 6.71. The fourth-order valence-corrected chi connectivity index (χ4v) is 3.11. The van der Waals surface area contributed by atoms with Crippen LogP contribution in [0.2, 0.25) is 0 Å². The van der Waals surface area contributed by atoms with E-state index in [1.807, 2.05) is 43.3 Å². The van der Waals surface area contributed by atoms with Gasteiger partial charge in [0.15, 0.2) is 5.65 Å². The van der Waals surface area contributed by atoms with Gasteiger partial charge in [0.1, 0.15) is 24.0 Å². The fraction of sp³-hybridized carbons (Fsp3) is 0.368. The summed E-state index contributed by atoms with van der Waals surface area (Å²) >= 11 is 0. The minimum absolute atomic E-state index is 0.0734. The van der Waals surface area contributed by atoms with Gasteiger partial charge < -0.3 is 15.0 Å². The molecule has 0 spiro atoms. The highest BCUT2D eigenvalue weighted by Crippen LogP contribution is 2.27. The van der Waals surface area contributed by atoms with Gasteiger partial charge in [0.2, 0.25) is 5.91 Å². The van der Waals surface area contributed by atoms with E-state index in [1.54, 1.807) is 14.2 Å². The van der Waals surface area contributed by atoms with Crippen LogP contribution in [0.5, 0.6) is 5.75 Å². The summed E-state index contributed by atoms with van der Waals surface area (Å²) in [4.78, 5) is 31.2. The molecular formula is C19H24N6O3. The Balaban J connectivity index is 1.72. The largest absolute Gasteiger partial charge is 0.496 e. The van der Waals surface area contributed by atoms with Crippen molar-refractivity contribution in [1.82, 2.24) is 29.5 Å². The molecule has 0 fully saturated rings. The normalized spacial score (nSPS) is 12.3. The average Bonchev–Trinajstić information content (AvgIpc) is 3.06. The summed E-state index contributed by atoms with van der Waals surface area (Å²) in [6, 6.07) is 7.63. The summed E-state index contributed by atoms with van der Waals surface area (Å²) in [7, 11) is 7.21. The molecule has 0 aliphatic carbocycles. The molecule has 3 aromatic rings. The van der Waals surface area contributed by atoms with Gasteiger partial charge in [-0.3, -0.25) is 18.8 Å². The van der Waals surface area contributed by atoms with Gasteiger partial charge in [-0.05, 0) is 20.2 Å². The lowest BCUT2D eigenvalue weighted by Gasteiger charge is -2.26. The van der Waals surface area contributed by atoms with Crippen LogP contribution in [0, 0.1) is 0 Å². The number of carbonyl (C=O) groups excluding carboxylic acids is 1. The van der Waals surface area contributed by atoms with Crippen molar-refractivity contribution in [3.05, 3.63) is 52.7 Å². The van der Waals surface area contributed by atoms with Gasteiger partial charge in [0.05, 0.1) is 19.3 Å². The first kappa shape index (κ1) is 19.6. The zero-order valence-corrected chi connectivity index (χ0v) is 16.4. The number of methoxy groups -OCH3 is 1. The standard InChI is InChI=1S/C19H24N6O3/c1-23(2)15(13-7-5-6-8-16(13)28-4)10-20-17(26)11-25-12-21-18-14(19(25)27)9-22-24(18)3/h5-9,12,15H,10-11H2,1-4H3,(H,20,26). The van der Waals surface area contributed by atoms with Crippen molar-refractivity contribution in [1.29, 1.82) is 0 Å². The third-order valence-corrected chi connectivity index (χ3v) is 4.65. The van der Waals surface area contributed by atoms with E-state index in [-0.39, 0.29) is 24.1 Å². The number of para-hydroxylation sites is 1. The first-order valence-electron chi connectivity index (χ1n) is 8.85. The van der Waals surface area contributed by atoms with Crippen molar-refractivity contribution in [3.63, 3.8) is 0 Å². The number of nitrogens with one attached hydrogen (secondary N) is 1. The number of likely N-dealkylation sites (N-methyl/N-ethyl adjacent to an activating group) is 1. The Kier molecular flexibility index (Phi) is 5.74. The summed E-state index contributed by atoms with van der Waals surface area (Å²) in [5.41, 5.74) is 1.18. The lowest BCUT2D eigenvalue weighted by Crippen LogP contribution is -2.38. The van der Waals surface area contributed by atoms with Crippen LogP contribution >= 0.6 is 0 Å². The second-order valence-corrected chi connectivity index (χ2v) is 6.71. The maximum Gasteiger partial charge on any atom is 0.264 e. The molecule has 0 radical (unpaired) electrons. The van der Waals surface area contributed by atoms with E-state index in [4.69, 9.17) is 4.74 Å². The van der Waals surface area contributed by atoms with E-state index >= 15 is 0 Å². The molecule has 28 heavy (non-hydrogen) atoms. The molecule has 0 bridgehead atoms. The SMILES string of the molecule is COc1ccccc1C(CNC(=O)Cn1cnc2c(cnn2C)c1=O)N(C)C. The molecule has 2 aromatic heterocycles. The molecule has 9 heteroatoms. The molecule has 0 aliphatic rings. The van der Waals surface area contributed by atoms with Gasteiger partial charge in [-0.2, -0.15) is 5.10 Å². The Bertz CT molecular complexity index is 1040. The summed E-state index contributed by atoms with van der Waals surface area (Å²) in [6.45, 7) is 0.270. The number of aromatic nitrogens is 4. The van der Waals surface area contributed by atoms with Crippen LogP contribution in [-0.2, 0) is 18.4 Å². The highest BCUT2D eigenvalue weighted by Gasteiger charge is 2.19. The molecule has 1 N–H and O–H groups in total. The number of benzene rings is 1. The summed E-state index contributed by atoms with van der Waals surface area (Å²) in [5, 5.41) is 7.31. The quantitative estimate of drug-likeness (QED) is 0.640. The lowest BCUT2D eigenvalue weighted by molar-refractivity contribution is -0.121. The number of hydrogen-bond donors (Lipinski definition) is 1. The minimum atomic E-state index is -0.290. The Morgan fingerprint density at radius 2 is 2.07 bits per heavy atom. The van der Waals surface area contributed by atoms with Gasteiger partial charge in [-0.25, -0.2) is 4.98 Å². The number of fused-ring (bicyclic) bond motifs is 1. The van der Waals surface area contributed by atoms with Gasteiger partial charge in [0.25, 0.3) is 5.56 Å². The molecule has 1 atom stereocenters. The van der Waals surface area contributed by atoms with Gasteiger partial charge >= 0.3 is 0 Å². The zero-order chi connectivity index (χ0) is 20.3. The number of hydrogen-bond acceptors (Lipinski definition) is 6. The maximum absolute atomic E-state index is 12.5. The summed E-state index contributed by atoms with van der Waals surface area (Å²) in [5.74, 6) is 0.492. The zero-order valence-electron chi connectivity index (χ0n) is 16.4. The van der Waals surface area contributed by atoms with E-state index in [1.165, 1.54) is 21.8 Å². The molecule has 3 rings (SSSR count). The topological polar surface area (TPSA) is 94.3 Å². The smallest absolute Gasteiger partial charge is 0.264 e. The molecule has 0 saturated carbocycles. The van der Waals surface area contributed by atoms with Crippen molar-refractivity contribution < 1.29 is 9.53 Å². The van der Waals surface area contributed by atoms with Crippen molar-refractivity contribution in [2.24, 2.45) is 7.05 Å². The van der Waals surface area contributed by atoms with Crippen LogP contribution in [0.1, 0.15) is 11.6 Å². The lowest BCUT2D eigenvalue weighted by atomic mass is 10.0. The van der Waals surface area contributed by atoms with Crippen LogP contribution < -0.4 is 15.6 Å². The molecule has 9 nitrogen and oxygen atoms in total. The minimum Gasteiger partial charge on any atom is -0.496 e. The Hall–Kier alpha value is -3.20. The van der Waals surface area contributed by atoms with Crippen LogP contribution in [0.25, 0.3) is 11.0 Å². The molecule has 0 aliphatic heterocycles. The van der Waals surface area contributed by atoms with Crippen LogP contribution in [0.4, 0.5) is 0 Å². The second kappa shape index (κ2) is 8.22. The Morgan fingerprint density at radius 1 is 1.32 bits per heavy atom. The number of ether oxygens (including phenoxy) is 1. The van der Waals surface area contributed by atoms with Crippen molar-refractivity contribution in [2.75, 3.05) is 27.7 Å². The predicted molar refractivity (Wildman–Crippen MR) is 105 cm³/mol. The predicted octanol–water partition coefficient (Wildman–Crippen LogP) is 0.558. The third kappa shape index (κ3) is 3.89. The van der Waals surface area contributed by atoms with E-state index in [9.17, 15) is 9.59 Å². The molecule has 1 unspecified atom stereocenters. The van der Waals surface area contributed by atoms with Gasteiger partial charge in [-0.1, -0.05) is 18.2 Å². The van der Waals surface area contributed by atoms with Gasteiger partial charge in [-0.15, -0.1) is 0 Å². The van der Waals surface area contributed by atoms with Crippen molar-refractivity contribution >= 4 is 16.9 Å². The first-order chi connectivity index (χ1) is 13.4. The molecule has 148 valence electrons. The number of nitrogens with zero attached hydrogens (tertiary/aromatic N) is 5. The van der Waals surface area contributed by atoms with Crippen molar-refractivity contribution in [3.8, 4) is 5.75 Å². The Morgan fingerprint density at radius 3 is 2.79 bits per heavy atom. The molecule has 0 saturated heterocycles. The van der Waals surface area contributed by atoms with Crippen LogP contribution in [-0.4, -0.2) is 57.9 Å². The monoisotopic (exact) mass is 384 g/mol. The third-order valence-electron chi connectivity index (χ3n) is 4.65. The van der Waals surface area contributed by atoms with Crippen molar-refractivity contribution in [2.45, 2.75) is 12.6 Å². The summed E-state index contributed by atoms with van der Waals surface area (Å²) < 4.78 is 8.25. The maximum atomic E-state index is 12.5. The molecule has 1 amide bonds. The van der Waals surface area contributed by atoms with Crippen LogP contribution in [0.15, 0.2) is 41.6 Å². The molecular weight excluding hydrogens is 360 g/mol. The van der Waals surface area contributed by atoms with Crippen LogP contribution in [0.3, 0.4) is 0 Å².